The summed E-state index contributed by atoms with van der Waals surface area (Å²) in [6.45, 7) is 13.1. The first-order valence-electron chi connectivity index (χ1n) is 9.82. The highest BCUT2D eigenvalue weighted by Crippen LogP contribution is 2.08. The van der Waals surface area contributed by atoms with E-state index in [1.54, 1.807) is 18.3 Å². The summed E-state index contributed by atoms with van der Waals surface area (Å²) >= 11 is 0. The van der Waals surface area contributed by atoms with Gasteiger partial charge in [-0.15, -0.1) is 0 Å². The van der Waals surface area contributed by atoms with Crippen LogP contribution in [0, 0.1) is 0 Å². The summed E-state index contributed by atoms with van der Waals surface area (Å²) in [4.78, 5) is 15.8. The molecule has 27 heavy (non-hydrogen) atoms. The van der Waals surface area contributed by atoms with Crippen LogP contribution >= 0.6 is 0 Å². The first-order chi connectivity index (χ1) is 13.3. The number of nitrogens with zero attached hydrogens (tertiary/aromatic N) is 1. The van der Waals surface area contributed by atoms with Gasteiger partial charge in [-0.05, 0) is 19.1 Å². The molecule has 7 nitrogen and oxygen atoms in total. The number of ketones is 1. The highest BCUT2D eigenvalue weighted by atomic mass is 16.6. The molecule has 1 aromatic rings. The van der Waals surface area contributed by atoms with E-state index >= 15 is 0 Å². The fourth-order valence-corrected chi connectivity index (χ4v) is 1.96. The maximum atomic E-state index is 11.6. The van der Waals surface area contributed by atoms with E-state index in [0.717, 1.165) is 0 Å². The van der Waals surface area contributed by atoms with Crippen molar-refractivity contribution in [2.75, 3.05) is 64.7 Å². The summed E-state index contributed by atoms with van der Waals surface area (Å²) in [6.07, 6.45) is 2.13. The lowest BCUT2D eigenvalue weighted by atomic mass is 10.1. The van der Waals surface area contributed by atoms with Gasteiger partial charge in [-0.25, -0.2) is 4.98 Å². The summed E-state index contributed by atoms with van der Waals surface area (Å²) in [6, 6.07) is 3.49. The Morgan fingerprint density at radius 3 is 2.04 bits per heavy atom. The summed E-state index contributed by atoms with van der Waals surface area (Å²) in [7, 11) is 0. The number of pyridine rings is 1. The van der Waals surface area contributed by atoms with Gasteiger partial charge in [0.2, 0.25) is 0 Å². The van der Waals surface area contributed by atoms with Crippen LogP contribution in [-0.4, -0.2) is 70.2 Å². The largest absolute Gasteiger partial charge is 0.379 e. The second-order valence-corrected chi connectivity index (χ2v) is 5.17. The maximum absolute atomic E-state index is 11.6. The molecule has 0 aliphatic heterocycles. The Bertz CT molecular complexity index is 471. The first kappa shape index (κ1) is 25.5. The van der Waals surface area contributed by atoms with E-state index in [4.69, 9.17) is 18.9 Å². The van der Waals surface area contributed by atoms with Crippen molar-refractivity contribution < 1.29 is 23.7 Å². The van der Waals surface area contributed by atoms with Crippen LogP contribution in [0.15, 0.2) is 18.3 Å². The fourth-order valence-electron chi connectivity index (χ4n) is 1.96. The van der Waals surface area contributed by atoms with E-state index in [9.17, 15) is 4.79 Å². The highest BCUT2D eigenvalue weighted by molar-refractivity contribution is 5.96. The first-order valence-corrected chi connectivity index (χ1v) is 9.82. The molecule has 0 amide bonds. The van der Waals surface area contributed by atoms with Crippen LogP contribution < -0.4 is 5.32 Å². The molecule has 0 aliphatic carbocycles. The molecule has 0 bridgehead atoms. The number of Topliss-reactive ketones (excluding diaryl/α,β-unsaturated/α-hetero) is 1. The van der Waals surface area contributed by atoms with Gasteiger partial charge in [-0.3, -0.25) is 4.79 Å². The Balaban J connectivity index is 0.00000326. The summed E-state index contributed by atoms with van der Waals surface area (Å²) in [5.41, 5.74) is 0.679. The molecule has 0 saturated carbocycles. The number of hydrogen-bond donors (Lipinski definition) is 1. The van der Waals surface area contributed by atoms with Gasteiger partial charge in [-0.2, -0.15) is 0 Å². The Labute approximate surface area is 163 Å². The molecule has 0 saturated heterocycles. The number of ether oxygens (including phenoxy) is 4. The summed E-state index contributed by atoms with van der Waals surface area (Å²) in [5.74, 6) is 0.795. The van der Waals surface area contributed by atoms with Crippen LogP contribution in [0.3, 0.4) is 0 Å². The number of anilines is 1. The van der Waals surface area contributed by atoms with Gasteiger partial charge in [0, 0.05) is 31.3 Å². The molecule has 0 fully saturated rings. The second-order valence-electron chi connectivity index (χ2n) is 5.17. The van der Waals surface area contributed by atoms with Gasteiger partial charge in [0.05, 0.1) is 46.2 Å². The van der Waals surface area contributed by atoms with Crippen molar-refractivity contribution >= 4 is 11.6 Å². The molecule has 0 atom stereocenters. The summed E-state index contributed by atoms with van der Waals surface area (Å²) < 4.78 is 21.4. The zero-order chi connectivity index (χ0) is 20.2. The van der Waals surface area contributed by atoms with Crippen LogP contribution in [0.4, 0.5) is 5.82 Å². The molecule has 1 rings (SSSR count). The van der Waals surface area contributed by atoms with Crippen molar-refractivity contribution in [2.45, 2.75) is 34.1 Å². The van der Waals surface area contributed by atoms with Crippen molar-refractivity contribution in [2.24, 2.45) is 0 Å². The van der Waals surface area contributed by atoms with E-state index in [-0.39, 0.29) is 5.78 Å². The molecule has 0 aliphatic rings. The monoisotopic (exact) mass is 384 g/mol. The Kier molecular flexibility index (Phi) is 18.1. The molecular weight excluding hydrogens is 348 g/mol. The number of carbonyl (C=O) groups is 1. The molecule has 7 heteroatoms. The van der Waals surface area contributed by atoms with Crippen molar-refractivity contribution in [3.8, 4) is 0 Å². The molecule has 1 aromatic heterocycles. The normalized spacial score (nSPS) is 10.2. The number of aromatic nitrogens is 1. The maximum Gasteiger partial charge on any atom is 0.162 e. The molecule has 1 N–H and O–H groups in total. The van der Waals surface area contributed by atoms with Crippen molar-refractivity contribution in [1.82, 2.24) is 4.98 Å². The number of carbonyl (C=O) groups excluding carboxylic acids is 1. The van der Waals surface area contributed by atoms with Crippen LogP contribution in [0.5, 0.6) is 0 Å². The van der Waals surface area contributed by atoms with Gasteiger partial charge in [-0.1, -0.05) is 20.8 Å². The van der Waals surface area contributed by atoms with E-state index in [1.165, 1.54) is 0 Å². The van der Waals surface area contributed by atoms with Crippen LogP contribution in [-0.2, 0) is 18.9 Å². The minimum Gasteiger partial charge on any atom is -0.379 e. The fraction of sp³-hybridized carbons (Fsp3) is 0.700. The second kappa shape index (κ2) is 19.2. The van der Waals surface area contributed by atoms with Crippen molar-refractivity contribution in [1.29, 1.82) is 0 Å². The average Bonchev–Trinajstić information content (AvgIpc) is 2.72. The van der Waals surface area contributed by atoms with Crippen molar-refractivity contribution in [3.63, 3.8) is 0 Å². The van der Waals surface area contributed by atoms with Gasteiger partial charge in [0.1, 0.15) is 5.82 Å². The summed E-state index contributed by atoms with van der Waals surface area (Å²) in [5, 5.41) is 3.14. The third-order valence-electron chi connectivity index (χ3n) is 3.28. The van der Waals surface area contributed by atoms with Crippen LogP contribution in [0.2, 0.25) is 0 Å². The molecule has 0 aromatic carbocycles. The molecular formula is C20H36N2O5. The average molecular weight is 385 g/mol. The van der Waals surface area contributed by atoms with Gasteiger partial charge in [0.15, 0.2) is 5.78 Å². The Morgan fingerprint density at radius 2 is 1.48 bits per heavy atom. The standard InChI is InChI=1S/C18H30N2O5.C2H6/c1-3-17(21)16-5-6-19-18(15-16)20-7-8-23-11-12-25-14-13-24-10-9-22-4-2;1-2/h5-6,15H,3-4,7-14H2,1-2H3,(H,19,20);1-2H3. The molecule has 0 spiro atoms. The third kappa shape index (κ3) is 14.2. The van der Waals surface area contributed by atoms with Gasteiger partial charge in [0.25, 0.3) is 0 Å². The van der Waals surface area contributed by atoms with Gasteiger partial charge >= 0.3 is 0 Å². The third-order valence-corrected chi connectivity index (χ3v) is 3.28. The van der Waals surface area contributed by atoms with E-state index in [0.29, 0.717) is 77.2 Å². The minimum absolute atomic E-state index is 0.112. The predicted molar refractivity (Wildman–Crippen MR) is 108 cm³/mol. The molecule has 0 unspecified atom stereocenters. The van der Waals surface area contributed by atoms with Crippen LogP contribution in [0.25, 0.3) is 0 Å². The highest BCUT2D eigenvalue weighted by Gasteiger charge is 2.04. The Hall–Kier alpha value is -1.54. The smallest absolute Gasteiger partial charge is 0.162 e. The van der Waals surface area contributed by atoms with E-state index in [1.807, 2.05) is 27.7 Å². The number of rotatable bonds is 16. The minimum atomic E-state index is 0.112. The lowest BCUT2D eigenvalue weighted by molar-refractivity contribution is 0.000609. The SMILES string of the molecule is CC.CCOCCOCCOCCOCCNc1cc(C(=O)CC)ccn1. The van der Waals surface area contributed by atoms with Gasteiger partial charge < -0.3 is 24.3 Å². The zero-order valence-corrected chi connectivity index (χ0v) is 17.3. The molecule has 1 heterocycles. The van der Waals surface area contributed by atoms with Crippen molar-refractivity contribution in [3.05, 3.63) is 23.9 Å². The zero-order valence-electron chi connectivity index (χ0n) is 17.3. The molecule has 156 valence electrons. The lowest BCUT2D eigenvalue weighted by Gasteiger charge is -2.08. The number of nitrogens with one attached hydrogen (secondary N) is 1. The topological polar surface area (TPSA) is 78.9 Å². The molecule has 0 radical (unpaired) electrons. The Morgan fingerprint density at radius 1 is 0.926 bits per heavy atom. The number of hydrogen-bond acceptors (Lipinski definition) is 7. The van der Waals surface area contributed by atoms with E-state index < -0.39 is 0 Å². The lowest BCUT2D eigenvalue weighted by Crippen LogP contribution is -2.15. The quantitative estimate of drug-likeness (QED) is 0.346. The van der Waals surface area contributed by atoms with Crippen LogP contribution in [0.1, 0.15) is 44.5 Å². The van der Waals surface area contributed by atoms with E-state index in [2.05, 4.69) is 10.3 Å². The predicted octanol–water partition coefficient (Wildman–Crippen LogP) is 3.20.